The fourth-order valence-corrected chi connectivity index (χ4v) is 1.29. The van der Waals surface area contributed by atoms with Crippen molar-refractivity contribution in [1.82, 2.24) is 10.6 Å². The third kappa shape index (κ3) is 3.93. The van der Waals surface area contributed by atoms with Gasteiger partial charge in [0.1, 0.15) is 0 Å². The topological polar surface area (TPSA) is 75.3 Å². The zero-order chi connectivity index (χ0) is 11.3. The monoisotopic (exact) mass is 210 g/mol. The molecule has 1 aliphatic rings. The average Bonchev–Trinajstić information content (AvgIpc) is 2.58. The second-order valence-electron chi connectivity index (χ2n) is 3.42. The molecule has 0 radical (unpaired) electrons. The molecule has 2 N–H and O–H groups in total. The van der Waals surface area contributed by atoms with Gasteiger partial charge < -0.3 is 10.6 Å². The molecule has 0 saturated carbocycles. The average molecular weight is 210 g/mol. The van der Waals surface area contributed by atoms with E-state index in [1.165, 1.54) is 13.0 Å². The number of ketones is 1. The zero-order valence-electron chi connectivity index (χ0n) is 8.58. The van der Waals surface area contributed by atoms with E-state index in [1.807, 2.05) is 0 Å². The molecule has 5 nitrogen and oxygen atoms in total. The lowest BCUT2D eigenvalue weighted by molar-refractivity contribution is -0.122. The molecule has 0 bridgehead atoms. The highest BCUT2D eigenvalue weighted by atomic mass is 16.2. The highest BCUT2D eigenvalue weighted by Gasteiger charge is 2.20. The van der Waals surface area contributed by atoms with Crippen LogP contribution in [0.4, 0.5) is 0 Å². The summed E-state index contributed by atoms with van der Waals surface area (Å²) in [7, 11) is 0. The lowest BCUT2D eigenvalue weighted by Crippen LogP contribution is -2.26. The van der Waals surface area contributed by atoms with Gasteiger partial charge in [0.25, 0.3) is 0 Å². The number of amides is 2. The maximum absolute atomic E-state index is 11.2. The maximum Gasteiger partial charge on any atom is 0.227 e. The molecule has 0 aliphatic carbocycles. The summed E-state index contributed by atoms with van der Waals surface area (Å²) in [6.07, 6.45) is 3.67. The van der Waals surface area contributed by atoms with E-state index in [2.05, 4.69) is 10.6 Å². The van der Waals surface area contributed by atoms with Crippen LogP contribution in [0.1, 0.15) is 13.3 Å². The summed E-state index contributed by atoms with van der Waals surface area (Å²) in [6, 6.07) is 0. The molecule has 82 valence electrons. The first-order valence-corrected chi connectivity index (χ1v) is 4.83. The molecule has 0 spiro atoms. The second-order valence-corrected chi connectivity index (χ2v) is 3.42. The molecule has 0 aromatic heterocycles. The number of rotatable bonds is 4. The van der Waals surface area contributed by atoms with Gasteiger partial charge in [-0.25, -0.2) is 0 Å². The van der Waals surface area contributed by atoms with E-state index in [1.54, 1.807) is 6.08 Å². The van der Waals surface area contributed by atoms with Crippen molar-refractivity contribution >= 4 is 17.6 Å². The van der Waals surface area contributed by atoms with E-state index in [0.717, 1.165) is 6.42 Å². The molecule has 2 amide bonds. The molecular weight excluding hydrogens is 196 g/mol. The first kappa shape index (κ1) is 11.4. The van der Waals surface area contributed by atoms with Crippen LogP contribution >= 0.6 is 0 Å². The Balaban J connectivity index is 2.33. The molecule has 1 atom stereocenters. The number of carbonyl (C=O) groups is 3. The molecule has 0 aromatic carbocycles. The minimum absolute atomic E-state index is 0.0137. The quantitative estimate of drug-likeness (QED) is 0.607. The molecule has 1 fully saturated rings. The van der Waals surface area contributed by atoms with E-state index >= 15 is 0 Å². The van der Waals surface area contributed by atoms with Crippen LogP contribution in [0.2, 0.25) is 0 Å². The van der Waals surface area contributed by atoms with Crippen molar-refractivity contribution in [3.63, 3.8) is 0 Å². The van der Waals surface area contributed by atoms with E-state index in [9.17, 15) is 14.4 Å². The van der Waals surface area contributed by atoms with E-state index < -0.39 is 0 Å². The summed E-state index contributed by atoms with van der Waals surface area (Å²) in [6.45, 7) is 2.00. The van der Waals surface area contributed by atoms with Gasteiger partial charge in [0.05, 0.1) is 12.5 Å². The molecule has 5 heteroatoms. The Kier molecular flexibility index (Phi) is 4.03. The van der Waals surface area contributed by atoms with Crippen molar-refractivity contribution in [3.8, 4) is 0 Å². The van der Waals surface area contributed by atoms with Crippen LogP contribution in [0.15, 0.2) is 12.2 Å². The van der Waals surface area contributed by atoms with E-state index in [0.29, 0.717) is 6.54 Å². The first-order valence-electron chi connectivity index (χ1n) is 4.83. The van der Waals surface area contributed by atoms with Gasteiger partial charge in [0, 0.05) is 13.5 Å². The minimum atomic E-state index is -0.240. The van der Waals surface area contributed by atoms with E-state index in [4.69, 9.17) is 0 Å². The minimum Gasteiger partial charge on any atom is -0.356 e. The summed E-state index contributed by atoms with van der Waals surface area (Å²) >= 11 is 0. The molecule has 1 aliphatic heterocycles. The third-order valence-corrected chi connectivity index (χ3v) is 2.12. The fraction of sp³-hybridized carbons (Fsp3) is 0.500. The smallest absolute Gasteiger partial charge is 0.227 e. The van der Waals surface area contributed by atoms with Gasteiger partial charge in [-0.1, -0.05) is 6.08 Å². The van der Waals surface area contributed by atoms with Crippen LogP contribution in [0.5, 0.6) is 0 Å². The predicted molar refractivity (Wildman–Crippen MR) is 53.9 cm³/mol. The molecule has 1 unspecified atom stereocenters. The van der Waals surface area contributed by atoms with Gasteiger partial charge in [-0.05, 0) is 12.5 Å². The lowest BCUT2D eigenvalue weighted by atomic mass is 10.1. The molecular formula is C10H14N2O3. The van der Waals surface area contributed by atoms with Crippen molar-refractivity contribution in [2.75, 3.05) is 13.1 Å². The van der Waals surface area contributed by atoms with Crippen molar-refractivity contribution in [2.24, 2.45) is 5.92 Å². The molecule has 0 aromatic rings. The van der Waals surface area contributed by atoms with Crippen LogP contribution in [0.3, 0.4) is 0 Å². The predicted octanol–water partition coefficient (Wildman–Crippen LogP) is -0.616. The molecule has 1 saturated heterocycles. The van der Waals surface area contributed by atoms with Crippen molar-refractivity contribution < 1.29 is 14.4 Å². The standard InChI is InChI=1S/C10H14N2O3/c1-7(13)12-6-9(14)3-2-8-4-5-11-10(8)15/h2-3,8H,4-6H2,1H3,(H,11,15)(H,12,13). The number of hydrogen-bond donors (Lipinski definition) is 2. The van der Waals surface area contributed by atoms with Gasteiger partial charge in [-0.2, -0.15) is 0 Å². The van der Waals surface area contributed by atoms with Crippen LogP contribution < -0.4 is 10.6 Å². The first-order chi connectivity index (χ1) is 7.09. The molecule has 15 heavy (non-hydrogen) atoms. The number of carbonyl (C=O) groups excluding carboxylic acids is 3. The second kappa shape index (κ2) is 5.29. The van der Waals surface area contributed by atoms with Gasteiger partial charge in [-0.15, -0.1) is 0 Å². The highest BCUT2D eigenvalue weighted by molar-refractivity contribution is 5.94. The van der Waals surface area contributed by atoms with Gasteiger partial charge in [-0.3, -0.25) is 14.4 Å². The van der Waals surface area contributed by atoms with Crippen LogP contribution in [-0.2, 0) is 14.4 Å². The van der Waals surface area contributed by atoms with Gasteiger partial charge >= 0.3 is 0 Å². The van der Waals surface area contributed by atoms with Crippen LogP contribution in [0, 0.1) is 5.92 Å². The van der Waals surface area contributed by atoms with E-state index in [-0.39, 0.29) is 30.1 Å². The third-order valence-electron chi connectivity index (χ3n) is 2.12. The van der Waals surface area contributed by atoms with Crippen molar-refractivity contribution in [3.05, 3.63) is 12.2 Å². The van der Waals surface area contributed by atoms with Crippen molar-refractivity contribution in [2.45, 2.75) is 13.3 Å². The summed E-state index contributed by atoms with van der Waals surface area (Å²) in [4.78, 5) is 32.8. The summed E-state index contributed by atoms with van der Waals surface area (Å²) < 4.78 is 0. The Morgan fingerprint density at radius 1 is 1.60 bits per heavy atom. The highest BCUT2D eigenvalue weighted by Crippen LogP contribution is 2.10. The van der Waals surface area contributed by atoms with Gasteiger partial charge in [0.15, 0.2) is 5.78 Å². The molecule has 1 rings (SSSR count). The number of nitrogens with one attached hydrogen (secondary N) is 2. The summed E-state index contributed by atoms with van der Waals surface area (Å²) in [5.74, 6) is -0.690. The largest absolute Gasteiger partial charge is 0.356 e. The Labute approximate surface area is 87.9 Å². The number of hydrogen-bond acceptors (Lipinski definition) is 3. The normalized spacial score (nSPS) is 20.3. The SMILES string of the molecule is CC(=O)NCC(=O)C=CC1CCNC1=O. The summed E-state index contributed by atoms with van der Waals surface area (Å²) in [5.41, 5.74) is 0. The summed E-state index contributed by atoms with van der Waals surface area (Å²) in [5, 5.41) is 5.06. The van der Waals surface area contributed by atoms with Crippen LogP contribution in [-0.4, -0.2) is 30.7 Å². The Hall–Kier alpha value is -1.65. The Bertz CT molecular complexity index is 310. The fourth-order valence-electron chi connectivity index (χ4n) is 1.29. The Morgan fingerprint density at radius 3 is 2.87 bits per heavy atom. The van der Waals surface area contributed by atoms with Crippen LogP contribution in [0.25, 0.3) is 0 Å². The van der Waals surface area contributed by atoms with Gasteiger partial charge in [0.2, 0.25) is 11.8 Å². The lowest BCUT2D eigenvalue weighted by Gasteiger charge is -1.99. The molecule has 1 heterocycles. The zero-order valence-corrected chi connectivity index (χ0v) is 8.58. The maximum atomic E-state index is 11.2. The Morgan fingerprint density at radius 2 is 2.33 bits per heavy atom. The van der Waals surface area contributed by atoms with Crippen molar-refractivity contribution in [1.29, 1.82) is 0 Å².